The third-order valence-electron chi connectivity index (χ3n) is 2.53. The molecule has 72 valence electrons. The third kappa shape index (κ3) is 1.11. The highest BCUT2D eigenvalue weighted by Crippen LogP contribution is 2.21. The Bertz CT molecular complexity index is 491. The molecule has 2 aromatic heterocycles. The molecule has 0 saturated heterocycles. The number of halogens is 1. The average molecular weight is 209 g/mol. The lowest BCUT2D eigenvalue weighted by Gasteiger charge is -2.16. The molecule has 0 radical (unpaired) electrons. The predicted molar refractivity (Wildman–Crippen MR) is 54.2 cm³/mol. The van der Waals surface area contributed by atoms with Crippen LogP contribution < -0.4 is 5.32 Å². The van der Waals surface area contributed by atoms with Gasteiger partial charge < -0.3 is 9.88 Å². The van der Waals surface area contributed by atoms with Crippen molar-refractivity contribution in [2.24, 2.45) is 0 Å². The van der Waals surface area contributed by atoms with E-state index in [0.717, 1.165) is 30.7 Å². The second kappa shape index (κ2) is 2.93. The van der Waals surface area contributed by atoms with Crippen LogP contribution in [0, 0.1) is 0 Å². The maximum absolute atomic E-state index is 5.82. The number of nitrogens with one attached hydrogen (secondary N) is 1. The molecule has 0 saturated carbocycles. The molecular formula is C9H9ClN4. The number of rotatable bonds is 0. The zero-order valence-corrected chi connectivity index (χ0v) is 8.25. The molecule has 0 bridgehead atoms. The van der Waals surface area contributed by atoms with E-state index in [9.17, 15) is 0 Å². The quantitative estimate of drug-likeness (QED) is 0.707. The van der Waals surface area contributed by atoms with Crippen LogP contribution in [0.2, 0.25) is 5.15 Å². The van der Waals surface area contributed by atoms with Gasteiger partial charge in [0, 0.05) is 31.4 Å². The van der Waals surface area contributed by atoms with Gasteiger partial charge in [0.15, 0.2) is 5.15 Å². The molecule has 4 nitrogen and oxygen atoms in total. The van der Waals surface area contributed by atoms with E-state index in [1.54, 1.807) is 0 Å². The van der Waals surface area contributed by atoms with Gasteiger partial charge in [0.05, 0.1) is 5.52 Å². The smallest absolute Gasteiger partial charge is 0.153 e. The molecule has 1 aliphatic heterocycles. The number of hydrogen-bond donors (Lipinski definition) is 1. The van der Waals surface area contributed by atoms with Gasteiger partial charge in [-0.15, -0.1) is 10.2 Å². The highest BCUT2D eigenvalue weighted by Gasteiger charge is 2.13. The van der Waals surface area contributed by atoms with E-state index in [1.165, 1.54) is 5.69 Å². The van der Waals surface area contributed by atoms with Gasteiger partial charge in [-0.3, -0.25) is 0 Å². The lowest BCUT2D eigenvalue weighted by Crippen LogP contribution is -2.27. The van der Waals surface area contributed by atoms with Crippen molar-refractivity contribution in [3.8, 4) is 0 Å². The molecule has 2 aromatic rings. The van der Waals surface area contributed by atoms with Crippen LogP contribution >= 0.6 is 11.6 Å². The lowest BCUT2D eigenvalue weighted by atomic mass is 10.3. The molecule has 0 aliphatic carbocycles. The van der Waals surface area contributed by atoms with Crippen LogP contribution in [0.25, 0.3) is 11.0 Å². The van der Waals surface area contributed by atoms with Crippen molar-refractivity contribution in [1.82, 2.24) is 20.1 Å². The minimum atomic E-state index is 0.455. The fourth-order valence-corrected chi connectivity index (χ4v) is 2.04. The second-order valence-electron chi connectivity index (χ2n) is 3.40. The molecule has 1 aliphatic rings. The Morgan fingerprint density at radius 1 is 1.36 bits per heavy atom. The molecule has 0 amide bonds. The maximum Gasteiger partial charge on any atom is 0.153 e. The van der Waals surface area contributed by atoms with Crippen LogP contribution in [-0.4, -0.2) is 21.3 Å². The van der Waals surface area contributed by atoms with E-state index in [-0.39, 0.29) is 0 Å². The fraction of sp³-hybridized carbons (Fsp3) is 0.333. The normalized spacial score (nSPS) is 15.8. The van der Waals surface area contributed by atoms with Crippen LogP contribution in [0.4, 0.5) is 0 Å². The number of fused-ring (bicyclic) bond motifs is 3. The highest BCUT2D eigenvalue weighted by atomic mass is 35.5. The van der Waals surface area contributed by atoms with Crippen molar-refractivity contribution in [1.29, 1.82) is 0 Å². The summed E-state index contributed by atoms with van der Waals surface area (Å²) in [6.07, 6.45) is 0. The summed E-state index contributed by atoms with van der Waals surface area (Å²) in [5.41, 5.74) is 3.26. The van der Waals surface area contributed by atoms with E-state index in [1.807, 2.05) is 6.07 Å². The molecule has 0 aromatic carbocycles. The molecule has 0 fully saturated rings. The Morgan fingerprint density at radius 2 is 2.29 bits per heavy atom. The molecule has 3 heterocycles. The molecule has 3 rings (SSSR count). The zero-order chi connectivity index (χ0) is 9.54. The molecule has 5 heteroatoms. The molecule has 0 unspecified atom stereocenters. The fourth-order valence-electron chi connectivity index (χ4n) is 1.90. The summed E-state index contributed by atoms with van der Waals surface area (Å²) in [4.78, 5) is 0. The summed E-state index contributed by atoms with van der Waals surface area (Å²) in [5.74, 6) is 0. The van der Waals surface area contributed by atoms with Crippen LogP contribution in [0.1, 0.15) is 5.69 Å². The number of hydrogen-bond acceptors (Lipinski definition) is 3. The summed E-state index contributed by atoms with van der Waals surface area (Å²) in [7, 11) is 0. The highest BCUT2D eigenvalue weighted by molar-refractivity contribution is 6.29. The first-order chi connectivity index (χ1) is 6.84. The van der Waals surface area contributed by atoms with Gasteiger partial charge in [-0.25, -0.2) is 0 Å². The van der Waals surface area contributed by atoms with Crippen molar-refractivity contribution in [2.45, 2.75) is 13.1 Å². The Labute approximate surface area is 85.9 Å². The van der Waals surface area contributed by atoms with Gasteiger partial charge >= 0.3 is 0 Å². The predicted octanol–water partition coefficient (Wildman–Crippen LogP) is 1.19. The Balaban J connectivity index is 2.32. The van der Waals surface area contributed by atoms with Crippen LogP contribution in [0.3, 0.4) is 0 Å². The average Bonchev–Trinajstić information content (AvgIpc) is 2.56. The third-order valence-corrected chi connectivity index (χ3v) is 2.72. The minimum absolute atomic E-state index is 0.455. The Morgan fingerprint density at radius 3 is 3.21 bits per heavy atom. The largest absolute Gasteiger partial charge is 0.341 e. The van der Waals surface area contributed by atoms with Gasteiger partial charge in [-0.05, 0) is 6.07 Å². The van der Waals surface area contributed by atoms with Crippen molar-refractivity contribution < 1.29 is 0 Å². The SMILES string of the molecule is Clc1cc2c(cc3n2CCNC3)nn1. The topological polar surface area (TPSA) is 42.7 Å². The van der Waals surface area contributed by atoms with E-state index >= 15 is 0 Å². The summed E-state index contributed by atoms with van der Waals surface area (Å²) in [6, 6.07) is 3.93. The Hall–Kier alpha value is -1.13. The molecule has 0 atom stereocenters. The van der Waals surface area contributed by atoms with Crippen LogP contribution in [-0.2, 0) is 13.1 Å². The first kappa shape index (κ1) is 8.20. The van der Waals surface area contributed by atoms with Gasteiger partial charge in [0.1, 0.15) is 5.52 Å². The molecular weight excluding hydrogens is 200 g/mol. The number of aromatic nitrogens is 3. The van der Waals surface area contributed by atoms with E-state index in [0.29, 0.717) is 5.15 Å². The van der Waals surface area contributed by atoms with Crippen molar-refractivity contribution in [2.75, 3.05) is 6.54 Å². The summed E-state index contributed by atoms with van der Waals surface area (Å²) >= 11 is 5.82. The Kier molecular flexibility index (Phi) is 1.72. The lowest BCUT2D eigenvalue weighted by molar-refractivity contribution is 0.527. The first-order valence-corrected chi connectivity index (χ1v) is 4.94. The van der Waals surface area contributed by atoms with Crippen molar-refractivity contribution >= 4 is 22.6 Å². The van der Waals surface area contributed by atoms with Gasteiger partial charge in [-0.2, -0.15) is 0 Å². The number of nitrogens with zero attached hydrogens (tertiary/aromatic N) is 3. The van der Waals surface area contributed by atoms with Crippen molar-refractivity contribution in [3.05, 3.63) is 23.0 Å². The standard InChI is InChI=1S/C9H9ClN4/c10-9-4-8-7(12-13-9)3-6-5-11-1-2-14(6)8/h3-4,11H,1-2,5H2. The summed E-state index contributed by atoms with van der Waals surface area (Å²) in [5, 5.41) is 11.7. The van der Waals surface area contributed by atoms with Crippen molar-refractivity contribution in [3.63, 3.8) is 0 Å². The van der Waals surface area contributed by atoms with E-state index < -0.39 is 0 Å². The second-order valence-corrected chi connectivity index (χ2v) is 3.79. The van der Waals surface area contributed by atoms with Crippen LogP contribution in [0.15, 0.2) is 12.1 Å². The van der Waals surface area contributed by atoms with Crippen LogP contribution in [0.5, 0.6) is 0 Å². The maximum atomic E-state index is 5.82. The van der Waals surface area contributed by atoms with Gasteiger partial charge in [0.2, 0.25) is 0 Å². The monoisotopic (exact) mass is 208 g/mol. The van der Waals surface area contributed by atoms with Gasteiger partial charge in [0.25, 0.3) is 0 Å². The molecule has 0 spiro atoms. The van der Waals surface area contributed by atoms with Gasteiger partial charge in [-0.1, -0.05) is 11.6 Å². The molecule has 1 N–H and O–H groups in total. The molecule has 14 heavy (non-hydrogen) atoms. The van der Waals surface area contributed by atoms with E-state index in [4.69, 9.17) is 11.6 Å². The zero-order valence-electron chi connectivity index (χ0n) is 7.50. The summed E-state index contributed by atoms with van der Waals surface area (Å²) < 4.78 is 2.24. The summed E-state index contributed by atoms with van der Waals surface area (Å²) in [6.45, 7) is 2.87. The first-order valence-electron chi connectivity index (χ1n) is 4.56. The minimum Gasteiger partial charge on any atom is -0.341 e. The van der Waals surface area contributed by atoms with E-state index in [2.05, 4.69) is 26.1 Å².